The lowest BCUT2D eigenvalue weighted by Crippen LogP contribution is -2.20. The number of amides is 1. The van der Waals surface area contributed by atoms with Crippen molar-refractivity contribution in [2.45, 2.75) is 13.8 Å². The SMILES string of the molecule is Cc1nc(NC(=O)COc2cc(Cl)c(Cl)cc2Cl)sc1C. The van der Waals surface area contributed by atoms with Crippen molar-refractivity contribution in [2.24, 2.45) is 0 Å². The topological polar surface area (TPSA) is 51.2 Å². The van der Waals surface area contributed by atoms with Crippen LogP contribution in [0.5, 0.6) is 5.75 Å². The van der Waals surface area contributed by atoms with Crippen LogP contribution >= 0.6 is 46.1 Å². The number of aromatic nitrogens is 1. The maximum atomic E-state index is 11.8. The molecular weight excluding hydrogens is 355 g/mol. The number of carbonyl (C=O) groups is 1. The van der Waals surface area contributed by atoms with Crippen LogP contribution < -0.4 is 10.1 Å². The minimum Gasteiger partial charge on any atom is -0.482 e. The highest BCUT2D eigenvalue weighted by Gasteiger charge is 2.11. The minimum absolute atomic E-state index is 0.199. The molecule has 0 saturated heterocycles. The smallest absolute Gasteiger partial charge is 0.264 e. The van der Waals surface area contributed by atoms with E-state index in [-0.39, 0.29) is 17.5 Å². The van der Waals surface area contributed by atoms with Crippen molar-refractivity contribution in [3.63, 3.8) is 0 Å². The quantitative estimate of drug-likeness (QED) is 0.796. The molecule has 1 aromatic carbocycles. The van der Waals surface area contributed by atoms with Gasteiger partial charge >= 0.3 is 0 Å². The van der Waals surface area contributed by atoms with Crippen LogP contribution in [0.3, 0.4) is 0 Å². The van der Waals surface area contributed by atoms with E-state index >= 15 is 0 Å². The summed E-state index contributed by atoms with van der Waals surface area (Å²) in [6.07, 6.45) is 0. The number of halogens is 3. The van der Waals surface area contributed by atoms with Crippen molar-refractivity contribution in [1.82, 2.24) is 4.98 Å². The Morgan fingerprint density at radius 3 is 2.52 bits per heavy atom. The second kappa shape index (κ2) is 6.83. The van der Waals surface area contributed by atoms with Crippen LogP contribution in [-0.2, 0) is 4.79 Å². The third-order valence-corrected chi connectivity index (χ3v) is 4.61. The molecule has 0 fully saturated rings. The van der Waals surface area contributed by atoms with Crippen LogP contribution in [0.4, 0.5) is 5.13 Å². The first-order valence-electron chi connectivity index (χ1n) is 5.88. The number of anilines is 1. The molecule has 1 N–H and O–H groups in total. The first-order chi connectivity index (χ1) is 9.86. The number of hydrogen-bond donors (Lipinski definition) is 1. The molecule has 0 aliphatic rings. The standard InChI is InChI=1S/C13H11Cl3N2O2S/c1-6-7(2)21-13(17-6)18-12(19)5-20-11-4-9(15)8(14)3-10(11)16/h3-4H,5H2,1-2H3,(H,17,18,19). The Morgan fingerprint density at radius 2 is 1.90 bits per heavy atom. The molecule has 0 atom stereocenters. The zero-order chi connectivity index (χ0) is 15.6. The molecule has 0 radical (unpaired) electrons. The van der Waals surface area contributed by atoms with Crippen molar-refractivity contribution >= 4 is 57.2 Å². The van der Waals surface area contributed by atoms with Crippen molar-refractivity contribution in [3.05, 3.63) is 37.8 Å². The molecule has 0 unspecified atom stereocenters. The third kappa shape index (κ3) is 4.23. The van der Waals surface area contributed by atoms with Crippen LogP contribution in [0, 0.1) is 13.8 Å². The molecule has 4 nitrogen and oxygen atoms in total. The molecule has 21 heavy (non-hydrogen) atoms. The van der Waals surface area contributed by atoms with Crippen molar-refractivity contribution in [1.29, 1.82) is 0 Å². The zero-order valence-electron chi connectivity index (χ0n) is 11.2. The number of nitrogens with one attached hydrogen (secondary N) is 1. The Bertz CT molecular complexity index is 669. The molecule has 2 rings (SSSR count). The molecular formula is C13H11Cl3N2O2S. The zero-order valence-corrected chi connectivity index (χ0v) is 14.3. The van der Waals surface area contributed by atoms with Gasteiger partial charge in [-0.3, -0.25) is 10.1 Å². The highest BCUT2D eigenvalue weighted by Crippen LogP contribution is 2.33. The summed E-state index contributed by atoms with van der Waals surface area (Å²) in [6, 6.07) is 2.93. The van der Waals surface area contributed by atoms with E-state index in [0.29, 0.717) is 20.9 Å². The van der Waals surface area contributed by atoms with Gasteiger partial charge in [-0.1, -0.05) is 34.8 Å². The first-order valence-corrected chi connectivity index (χ1v) is 7.83. The number of hydrogen-bond acceptors (Lipinski definition) is 4. The van der Waals surface area contributed by atoms with Gasteiger partial charge in [0.25, 0.3) is 5.91 Å². The van der Waals surface area contributed by atoms with Gasteiger partial charge in [0.05, 0.1) is 20.8 Å². The predicted molar refractivity (Wildman–Crippen MR) is 87.2 cm³/mol. The molecule has 0 saturated carbocycles. The Balaban J connectivity index is 1.96. The Morgan fingerprint density at radius 1 is 1.24 bits per heavy atom. The largest absolute Gasteiger partial charge is 0.482 e. The summed E-state index contributed by atoms with van der Waals surface area (Å²) in [5.74, 6) is -0.0291. The summed E-state index contributed by atoms with van der Waals surface area (Å²) in [7, 11) is 0. The first kappa shape index (κ1) is 16.4. The molecule has 1 aromatic heterocycles. The highest BCUT2D eigenvalue weighted by molar-refractivity contribution is 7.15. The van der Waals surface area contributed by atoms with Crippen LogP contribution in [0.1, 0.15) is 10.6 Å². The van der Waals surface area contributed by atoms with Gasteiger partial charge < -0.3 is 4.74 Å². The second-order valence-corrected chi connectivity index (χ2v) is 6.62. The molecule has 0 aliphatic carbocycles. The summed E-state index contributed by atoms with van der Waals surface area (Å²) < 4.78 is 5.33. The molecule has 2 aromatic rings. The fourth-order valence-corrected chi connectivity index (χ4v) is 2.86. The van der Waals surface area contributed by atoms with Crippen LogP contribution in [-0.4, -0.2) is 17.5 Å². The summed E-state index contributed by atoms with van der Waals surface area (Å²) in [4.78, 5) is 17.1. The molecule has 0 spiro atoms. The van der Waals surface area contributed by atoms with E-state index in [1.807, 2.05) is 13.8 Å². The van der Waals surface area contributed by atoms with Gasteiger partial charge in [0, 0.05) is 10.9 Å². The molecule has 1 heterocycles. The number of rotatable bonds is 4. The average Bonchev–Trinajstić information content (AvgIpc) is 2.71. The number of carbonyl (C=O) groups excluding carboxylic acids is 1. The van der Waals surface area contributed by atoms with E-state index in [0.717, 1.165) is 10.6 Å². The van der Waals surface area contributed by atoms with Crippen molar-refractivity contribution in [2.75, 3.05) is 11.9 Å². The minimum atomic E-state index is -0.328. The number of aryl methyl sites for hydroxylation is 2. The number of thiazole rings is 1. The van der Waals surface area contributed by atoms with Crippen LogP contribution in [0.15, 0.2) is 12.1 Å². The fourth-order valence-electron chi connectivity index (χ4n) is 1.44. The number of ether oxygens (including phenoxy) is 1. The summed E-state index contributed by atoms with van der Waals surface area (Å²) in [6.45, 7) is 3.62. The van der Waals surface area contributed by atoms with Gasteiger partial charge in [-0.05, 0) is 19.9 Å². The van der Waals surface area contributed by atoms with Gasteiger partial charge in [-0.2, -0.15) is 0 Å². The predicted octanol–water partition coefficient (Wildman–Crippen LogP) is 4.74. The van der Waals surface area contributed by atoms with E-state index in [9.17, 15) is 4.79 Å². The molecule has 112 valence electrons. The molecule has 1 amide bonds. The third-order valence-electron chi connectivity index (χ3n) is 2.61. The van der Waals surface area contributed by atoms with Crippen molar-refractivity contribution in [3.8, 4) is 5.75 Å². The fraction of sp³-hybridized carbons (Fsp3) is 0.231. The number of nitrogens with zero attached hydrogens (tertiary/aromatic N) is 1. The van der Waals surface area contributed by atoms with E-state index < -0.39 is 0 Å². The van der Waals surface area contributed by atoms with Gasteiger partial charge in [0.2, 0.25) is 0 Å². The molecule has 8 heteroatoms. The summed E-state index contributed by atoms with van der Waals surface area (Å²) >= 11 is 19.1. The van der Waals surface area contributed by atoms with Gasteiger partial charge in [0.15, 0.2) is 11.7 Å². The van der Waals surface area contributed by atoms with Crippen LogP contribution in [0.25, 0.3) is 0 Å². The Hall–Kier alpha value is -1.01. The Kier molecular flexibility index (Phi) is 5.32. The van der Waals surface area contributed by atoms with Gasteiger partial charge in [-0.25, -0.2) is 4.98 Å². The van der Waals surface area contributed by atoms with E-state index in [1.54, 1.807) is 0 Å². The molecule has 0 aliphatic heterocycles. The summed E-state index contributed by atoms with van der Waals surface area (Å²) in [5.41, 5.74) is 0.892. The van der Waals surface area contributed by atoms with E-state index in [2.05, 4.69) is 10.3 Å². The lowest BCUT2D eigenvalue weighted by molar-refractivity contribution is -0.118. The summed E-state index contributed by atoms with van der Waals surface area (Å²) in [5, 5.41) is 4.13. The van der Waals surface area contributed by atoms with E-state index in [1.165, 1.54) is 23.5 Å². The average molecular weight is 366 g/mol. The van der Waals surface area contributed by atoms with Gasteiger partial charge in [-0.15, -0.1) is 11.3 Å². The maximum Gasteiger partial charge on any atom is 0.264 e. The Labute approximate surface area is 141 Å². The second-order valence-electron chi connectivity index (χ2n) is 4.19. The monoisotopic (exact) mass is 364 g/mol. The highest BCUT2D eigenvalue weighted by atomic mass is 35.5. The van der Waals surface area contributed by atoms with Crippen LogP contribution in [0.2, 0.25) is 15.1 Å². The van der Waals surface area contributed by atoms with Gasteiger partial charge in [0.1, 0.15) is 5.75 Å². The lowest BCUT2D eigenvalue weighted by atomic mass is 10.3. The normalized spacial score (nSPS) is 10.5. The van der Waals surface area contributed by atoms with Crippen molar-refractivity contribution < 1.29 is 9.53 Å². The van der Waals surface area contributed by atoms with E-state index in [4.69, 9.17) is 39.5 Å². The number of benzene rings is 1. The molecule has 0 bridgehead atoms. The maximum absolute atomic E-state index is 11.8. The lowest BCUT2D eigenvalue weighted by Gasteiger charge is -2.08.